The third kappa shape index (κ3) is 2.64. The summed E-state index contributed by atoms with van der Waals surface area (Å²) in [6, 6.07) is 6.77. The molecule has 17 heavy (non-hydrogen) atoms. The molecule has 0 aliphatic carbocycles. The molecule has 4 nitrogen and oxygen atoms in total. The fourth-order valence-corrected chi connectivity index (χ4v) is 1.95. The number of para-hydroxylation sites is 1. The number of rotatable bonds is 2. The zero-order valence-electron chi connectivity index (χ0n) is 9.56. The summed E-state index contributed by atoms with van der Waals surface area (Å²) < 4.78 is 0. The highest BCUT2D eigenvalue weighted by Crippen LogP contribution is 2.21. The highest BCUT2D eigenvalue weighted by molar-refractivity contribution is 5.96. The first-order chi connectivity index (χ1) is 8.18. The lowest BCUT2D eigenvalue weighted by molar-refractivity contribution is -0.144. The monoisotopic (exact) mass is 233 g/mol. The number of imide groups is 1. The summed E-state index contributed by atoms with van der Waals surface area (Å²) in [7, 11) is 0. The molecule has 2 amide bonds. The Hall–Kier alpha value is -1.84. The number of phenols is 1. The molecule has 1 fully saturated rings. The zero-order valence-corrected chi connectivity index (χ0v) is 9.56. The van der Waals surface area contributed by atoms with Gasteiger partial charge in [0.15, 0.2) is 0 Å². The second-order valence-electron chi connectivity index (χ2n) is 4.21. The standard InChI is InChI=1S/C13H15NO3/c15-11-6-2-1-5-10(11)9-14-12(16)7-3-4-8-13(14)17/h1-2,5-6,15H,3-4,7-9H2. The van der Waals surface area contributed by atoms with E-state index in [0.717, 1.165) is 12.8 Å². The van der Waals surface area contributed by atoms with E-state index in [4.69, 9.17) is 0 Å². The second-order valence-corrected chi connectivity index (χ2v) is 4.21. The van der Waals surface area contributed by atoms with Crippen molar-refractivity contribution in [1.82, 2.24) is 4.90 Å². The molecule has 1 aliphatic rings. The van der Waals surface area contributed by atoms with E-state index in [1.54, 1.807) is 24.3 Å². The van der Waals surface area contributed by atoms with E-state index in [-0.39, 0.29) is 24.1 Å². The van der Waals surface area contributed by atoms with Crippen LogP contribution in [0.15, 0.2) is 24.3 Å². The third-order valence-corrected chi connectivity index (χ3v) is 2.95. The largest absolute Gasteiger partial charge is 0.508 e. The maximum absolute atomic E-state index is 11.8. The zero-order chi connectivity index (χ0) is 12.3. The van der Waals surface area contributed by atoms with E-state index in [9.17, 15) is 14.7 Å². The van der Waals surface area contributed by atoms with Crippen molar-refractivity contribution in [1.29, 1.82) is 0 Å². The van der Waals surface area contributed by atoms with Gasteiger partial charge in [-0.15, -0.1) is 0 Å². The van der Waals surface area contributed by atoms with E-state index in [0.29, 0.717) is 18.4 Å². The van der Waals surface area contributed by atoms with Gasteiger partial charge in [0, 0.05) is 18.4 Å². The van der Waals surface area contributed by atoms with Crippen LogP contribution in [0, 0.1) is 0 Å². The Bertz CT molecular complexity index is 424. The number of nitrogens with zero attached hydrogens (tertiary/aromatic N) is 1. The molecule has 0 saturated carbocycles. The van der Waals surface area contributed by atoms with Gasteiger partial charge in [-0.2, -0.15) is 0 Å². The van der Waals surface area contributed by atoms with Crippen LogP contribution in [0.3, 0.4) is 0 Å². The number of likely N-dealkylation sites (tertiary alicyclic amines) is 1. The van der Waals surface area contributed by atoms with Gasteiger partial charge in [0.25, 0.3) is 0 Å². The summed E-state index contributed by atoms with van der Waals surface area (Å²) in [5.41, 5.74) is 0.608. The summed E-state index contributed by atoms with van der Waals surface area (Å²) in [5, 5.41) is 9.63. The molecule has 0 radical (unpaired) electrons. The first-order valence-electron chi connectivity index (χ1n) is 5.78. The lowest BCUT2D eigenvalue weighted by Gasteiger charge is -2.19. The topological polar surface area (TPSA) is 57.6 Å². The Labute approximate surface area is 99.9 Å². The molecule has 1 aliphatic heterocycles. The van der Waals surface area contributed by atoms with Gasteiger partial charge < -0.3 is 5.11 Å². The molecule has 0 spiro atoms. The van der Waals surface area contributed by atoms with Crippen molar-refractivity contribution in [2.45, 2.75) is 32.2 Å². The van der Waals surface area contributed by atoms with E-state index < -0.39 is 0 Å². The van der Waals surface area contributed by atoms with Crippen molar-refractivity contribution in [3.05, 3.63) is 29.8 Å². The van der Waals surface area contributed by atoms with Crippen LogP contribution in [0.25, 0.3) is 0 Å². The Morgan fingerprint density at radius 2 is 1.65 bits per heavy atom. The molecule has 2 rings (SSSR count). The van der Waals surface area contributed by atoms with Gasteiger partial charge in [-0.25, -0.2) is 0 Å². The summed E-state index contributed by atoms with van der Waals surface area (Å²) >= 11 is 0. The lowest BCUT2D eigenvalue weighted by atomic mass is 10.2. The average molecular weight is 233 g/mol. The van der Waals surface area contributed by atoms with Gasteiger partial charge >= 0.3 is 0 Å². The van der Waals surface area contributed by atoms with Crippen LogP contribution >= 0.6 is 0 Å². The minimum atomic E-state index is -0.143. The molecule has 90 valence electrons. The number of aromatic hydroxyl groups is 1. The van der Waals surface area contributed by atoms with E-state index in [1.165, 1.54) is 4.90 Å². The quantitative estimate of drug-likeness (QED) is 0.793. The Morgan fingerprint density at radius 1 is 1.06 bits per heavy atom. The normalized spacial score (nSPS) is 17.1. The van der Waals surface area contributed by atoms with E-state index >= 15 is 0 Å². The van der Waals surface area contributed by atoms with Crippen LogP contribution in [0.2, 0.25) is 0 Å². The molecular formula is C13H15NO3. The van der Waals surface area contributed by atoms with Crippen LogP contribution in [0.5, 0.6) is 5.75 Å². The molecule has 1 saturated heterocycles. The molecule has 0 atom stereocenters. The predicted molar refractivity (Wildman–Crippen MR) is 62.1 cm³/mol. The van der Waals surface area contributed by atoms with Gasteiger partial charge in [-0.3, -0.25) is 14.5 Å². The number of benzene rings is 1. The third-order valence-electron chi connectivity index (χ3n) is 2.95. The number of carbonyl (C=O) groups excluding carboxylic acids is 2. The van der Waals surface area contributed by atoms with Crippen LogP contribution in [-0.2, 0) is 16.1 Å². The van der Waals surface area contributed by atoms with E-state index in [1.807, 2.05) is 0 Å². The molecule has 0 aromatic heterocycles. The van der Waals surface area contributed by atoms with Gasteiger partial charge in [0.2, 0.25) is 11.8 Å². The average Bonchev–Trinajstić information content (AvgIpc) is 2.47. The molecule has 4 heteroatoms. The number of carbonyl (C=O) groups is 2. The van der Waals surface area contributed by atoms with Gasteiger partial charge in [-0.1, -0.05) is 18.2 Å². The summed E-state index contributed by atoms with van der Waals surface area (Å²) in [6.45, 7) is 0.171. The summed E-state index contributed by atoms with van der Waals surface area (Å²) in [4.78, 5) is 24.8. The Morgan fingerprint density at radius 3 is 2.24 bits per heavy atom. The van der Waals surface area contributed by atoms with Crippen LogP contribution < -0.4 is 0 Å². The van der Waals surface area contributed by atoms with Crippen molar-refractivity contribution < 1.29 is 14.7 Å². The highest BCUT2D eigenvalue weighted by atomic mass is 16.3. The maximum Gasteiger partial charge on any atom is 0.229 e. The molecule has 1 heterocycles. The minimum Gasteiger partial charge on any atom is -0.508 e. The maximum atomic E-state index is 11.8. The molecule has 1 aromatic rings. The highest BCUT2D eigenvalue weighted by Gasteiger charge is 2.24. The van der Waals surface area contributed by atoms with Crippen LogP contribution in [0.1, 0.15) is 31.2 Å². The van der Waals surface area contributed by atoms with E-state index in [2.05, 4.69) is 0 Å². The fraction of sp³-hybridized carbons (Fsp3) is 0.385. The smallest absolute Gasteiger partial charge is 0.229 e. The molecule has 1 aromatic carbocycles. The van der Waals surface area contributed by atoms with Crippen molar-refractivity contribution in [2.75, 3.05) is 0 Å². The summed E-state index contributed by atoms with van der Waals surface area (Å²) in [5.74, 6) is -0.163. The van der Waals surface area contributed by atoms with Crippen LogP contribution in [-0.4, -0.2) is 21.8 Å². The SMILES string of the molecule is O=C1CCCCC(=O)N1Cc1ccccc1O. The lowest BCUT2D eigenvalue weighted by Crippen LogP contribution is -2.34. The Kier molecular flexibility index (Phi) is 3.42. The van der Waals surface area contributed by atoms with Gasteiger partial charge in [-0.05, 0) is 18.9 Å². The second kappa shape index (κ2) is 4.99. The predicted octanol–water partition coefficient (Wildman–Crippen LogP) is 1.82. The van der Waals surface area contributed by atoms with Crippen molar-refractivity contribution in [3.63, 3.8) is 0 Å². The van der Waals surface area contributed by atoms with Crippen molar-refractivity contribution in [2.24, 2.45) is 0 Å². The summed E-state index contributed by atoms with van der Waals surface area (Å²) in [6.07, 6.45) is 2.36. The molecule has 0 unspecified atom stereocenters. The van der Waals surface area contributed by atoms with Crippen molar-refractivity contribution in [3.8, 4) is 5.75 Å². The first-order valence-corrected chi connectivity index (χ1v) is 5.78. The molecule has 1 N–H and O–H groups in total. The number of phenolic OH excluding ortho intramolecular Hbond substituents is 1. The fourth-order valence-electron chi connectivity index (χ4n) is 1.95. The minimum absolute atomic E-state index is 0.123. The molecule has 0 bridgehead atoms. The Balaban J connectivity index is 2.18. The van der Waals surface area contributed by atoms with Gasteiger partial charge in [0.1, 0.15) is 5.75 Å². The van der Waals surface area contributed by atoms with Crippen molar-refractivity contribution >= 4 is 11.8 Å². The number of hydrogen-bond acceptors (Lipinski definition) is 3. The number of amides is 2. The first kappa shape index (κ1) is 11.6. The van der Waals surface area contributed by atoms with Crippen LogP contribution in [0.4, 0.5) is 0 Å². The molecular weight excluding hydrogens is 218 g/mol. The number of hydrogen-bond donors (Lipinski definition) is 1. The van der Waals surface area contributed by atoms with Gasteiger partial charge in [0.05, 0.1) is 6.54 Å².